The quantitative estimate of drug-likeness (QED) is 0.932. The molecular weight excluding hydrogens is 304 g/mol. The molecule has 5 heteroatoms. The highest BCUT2D eigenvalue weighted by Crippen LogP contribution is 2.37. The van der Waals surface area contributed by atoms with Crippen molar-refractivity contribution >= 4 is 11.6 Å². The highest BCUT2D eigenvalue weighted by Gasteiger charge is 2.44. The molecule has 0 radical (unpaired) electrons. The average molecular weight is 326 g/mol. The third-order valence-corrected chi connectivity index (χ3v) is 4.92. The number of anilines is 1. The number of aryl methyl sites for hydroxylation is 1. The molecule has 1 saturated heterocycles. The lowest BCUT2D eigenvalue weighted by Gasteiger charge is -2.24. The lowest BCUT2D eigenvalue weighted by atomic mass is 9.81. The third-order valence-electron chi connectivity index (χ3n) is 4.92. The Balaban J connectivity index is 1.95. The number of carbonyl (C=O) groups excluding carboxylic acids is 1. The van der Waals surface area contributed by atoms with Crippen LogP contribution in [0, 0.1) is 6.92 Å². The highest BCUT2D eigenvalue weighted by atomic mass is 16.3. The molecule has 1 aromatic heterocycles. The summed E-state index contributed by atoms with van der Waals surface area (Å²) in [5.74, 6) is 0.0207. The Hall–Kier alpha value is -2.40. The molecule has 24 heavy (non-hydrogen) atoms. The van der Waals surface area contributed by atoms with Crippen LogP contribution in [0.25, 0.3) is 0 Å². The predicted octanol–water partition coefficient (Wildman–Crippen LogP) is 1.84. The molecule has 0 bridgehead atoms. The van der Waals surface area contributed by atoms with Crippen molar-refractivity contribution in [2.24, 2.45) is 0 Å². The largest absolute Gasteiger partial charge is 0.395 e. The summed E-state index contributed by atoms with van der Waals surface area (Å²) < 4.78 is 1.51. The maximum atomic E-state index is 13.0. The Bertz CT molecular complexity index is 813. The third kappa shape index (κ3) is 2.65. The molecule has 1 unspecified atom stereocenters. The fraction of sp³-hybridized carbons (Fsp3) is 0.368. The van der Waals surface area contributed by atoms with E-state index >= 15 is 0 Å². The standard InChI is InChI=1S/C19H22N2O3/c1-14-12-16(13-17(23)20(14)10-11-22)21-9-8-19(2,18(21)24)15-6-4-3-5-7-15/h3-7,12-13,22H,8-11H2,1-2H3. The Morgan fingerprint density at radius 2 is 1.88 bits per heavy atom. The van der Waals surface area contributed by atoms with Crippen molar-refractivity contribution in [1.29, 1.82) is 0 Å². The summed E-state index contributed by atoms with van der Waals surface area (Å²) in [5.41, 5.74) is 1.63. The monoisotopic (exact) mass is 326 g/mol. The number of aromatic nitrogens is 1. The van der Waals surface area contributed by atoms with E-state index in [9.17, 15) is 9.59 Å². The van der Waals surface area contributed by atoms with Gasteiger partial charge in [-0.2, -0.15) is 0 Å². The van der Waals surface area contributed by atoms with E-state index in [4.69, 9.17) is 5.11 Å². The Morgan fingerprint density at radius 3 is 2.50 bits per heavy atom. The zero-order chi connectivity index (χ0) is 17.3. The van der Waals surface area contributed by atoms with Gasteiger partial charge in [0, 0.05) is 24.8 Å². The molecule has 1 atom stereocenters. The van der Waals surface area contributed by atoms with Crippen molar-refractivity contribution in [1.82, 2.24) is 4.57 Å². The Morgan fingerprint density at radius 1 is 1.17 bits per heavy atom. The van der Waals surface area contributed by atoms with Gasteiger partial charge in [-0.1, -0.05) is 30.3 Å². The first-order valence-electron chi connectivity index (χ1n) is 8.17. The van der Waals surface area contributed by atoms with E-state index < -0.39 is 5.41 Å². The number of carbonyl (C=O) groups is 1. The van der Waals surface area contributed by atoms with Gasteiger partial charge in [-0.15, -0.1) is 0 Å². The number of benzene rings is 1. The van der Waals surface area contributed by atoms with Gasteiger partial charge in [-0.3, -0.25) is 9.59 Å². The van der Waals surface area contributed by atoms with Gasteiger partial charge in [0.25, 0.3) is 5.56 Å². The van der Waals surface area contributed by atoms with Gasteiger partial charge in [0.1, 0.15) is 0 Å². The molecule has 3 rings (SSSR count). The number of aliphatic hydroxyl groups is 1. The number of pyridine rings is 1. The number of nitrogens with zero attached hydrogens (tertiary/aromatic N) is 2. The van der Waals surface area contributed by atoms with Crippen LogP contribution < -0.4 is 10.5 Å². The SMILES string of the molecule is Cc1cc(N2CCC(C)(c3ccccc3)C2=O)cc(=O)n1CCO. The number of hydrogen-bond acceptors (Lipinski definition) is 3. The molecule has 2 aromatic rings. The van der Waals surface area contributed by atoms with E-state index in [-0.39, 0.29) is 24.6 Å². The summed E-state index contributed by atoms with van der Waals surface area (Å²) >= 11 is 0. The van der Waals surface area contributed by atoms with Crippen LogP contribution in [0.1, 0.15) is 24.6 Å². The van der Waals surface area contributed by atoms with Crippen LogP contribution >= 0.6 is 0 Å². The van der Waals surface area contributed by atoms with E-state index in [1.165, 1.54) is 10.6 Å². The van der Waals surface area contributed by atoms with Crippen LogP contribution in [0.3, 0.4) is 0 Å². The maximum absolute atomic E-state index is 13.0. The lowest BCUT2D eigenvalue weighted by molar-refractivity contribution is -0.121. The average Bonchev–Trinajstić information content (AvgIpc) is 2.88. The van der Waals surface area contributed by atoms with Crippen LogP contribution in [0.4, 0.5) is 5.69 Å². The van der Waals surface area contributed by atoms with Crippen molar-refractivity contribution in [3.63, 3.8) is 0 Å². The minimum absolute atomic E-state index is 0.0207. The second kappa shape index (κ2) is 6.24. The minimum Gasteiger partial charge on any atom is -0.395 e. The van der Waals surface area contributed by atoms with Crippen molar-refractivity contribution < 1.29 is 9.90 Å². The van der Waals surface area contributed by atoms with Crippen LogP contribution in [0.2, 0.25) is 0 Å². The number of rotatable bonds is 4. The van der Waals surface area contributed by atoms with Gasteiger partial charge < -0.3 is 14.6 Å². The van der Waals surface area contributed by atoms with Gasteiger partial charge in [0.05, 0.1) is 17.7 Å². The van der Waals surface area contributed by atoms with Crippen LogP contribution in [0.15, 0.2) is 47.3 Å². The van der Waals surface area contributed by atoms with Crippen molar-refractivity contribution in [3.05, 3.63) is 64.1 Å². The highest BCUT2D eigenvalue weighted by molar-refractivity contribution is 6.03. The fourth-order valence-electron chi connectivity index (χ4n) is 3.42. The van der Waals surface area contributed by atoms with Crippen molar-refractivity contribution in [2.45, 2.75) is 32.2 Å². The normalized spacial score (nSPS) is 20.6. The molecular formula is C19H22N2O3. The summed E-state index contributed by atoms with van der Waals surface area (Å²) in [5, 5.41) is 9.06. The summed E-state index contributed by atoms with van der Waals surface area (Å²) in [4.78, 5) is 27.0. The molecule has 1 aliphatic rings. The smallest absolute Gasteiger partial charge is 0.252 e. The Labute approximate surface area is 141 Å². The van der Waals surface area contributed by atoms with E-state index in [0.29, 0.717) is 18.7 Å². The lowest BCUT2D eigenvalue weighted by Crippen LogP contribution is -2.36. The van der Waals surface area contributed by atoms with Gasteiger partial charge in [0.2, 0.25) is 5.91 Å². The van der Waals surface area contributed by atoms with E-state index in [1.807, 2.05) is 50.2 Å². The van der Waals surface area contributed by atoms with Crippen LogP contribution in [-0.2, 0) is 16.8 Å². The summed E-state index contributed by atoms with van der Waals surface area (Å²) in [6.07, 6.45) is 0.717. The summed E-state index contributed by atoms with van der Waals surface area (Å²) in [6, 6.07) is 13.1. The fourth-order valence-corrected chi connectivity index (χ4v) is 3.42. The molecule has 1 amide bonds. The molecule has 1 N–H and O–H groups in total. The number of aliphatic hydroxyl groups excluding tert-OH is 1. The molecule has 1 aliphatic heterocycles. The molecule has 0 spiro atoms. The Kier molecular flexibility index (Phi) is 4.28. The molecule has 1 aromatic carbocycles. The van der Waals surface area contributed by atoms with Crippen LogP contribution in [-0.4, -0.2) is 28.7 Å². The molecule has 0 aliphatic carbocycles. The van der Waals surface area contributed by atoms with Crippen LogP contribution in [0.5, 0.6) is 0 Å². The molecule has 1 fully saturated rings. The summed E-state index contributed by atoms with van der Waals surface area (Å²) in [6.45, 7) is 4.55. The maximum Gasteiger partial charge on any atom is 0.252 e. The number of hydrogen-bond donors (Lipinski definition) is 1. The first-order chi connectivity index (χ1) is 11.5. The van der Waals surface area contributed by atoms with Gasteiger partial charge >= 0.3 is 0 Å². The minimum atomic E-state index is -0.560. The van der Waals surface area contributed by atoms with E-state index in [2.05, 4.69) is 0 Å². The molecule has 2 heterocycles. The first kappa shape index (κ1) is 16.5. The van der Waals surface area contributed by atoms with E-state index in [1.54, 1.807) is 4.90 Å². The van der Waals surface area contributed by atoms with Gasteiger partial charge in [-0.05, 0) is 31.9 Å². The molecule has 126 valence electrons. The number of amides is 1. The van der Waals surface area contributed by atoms with Crippen molar-refractivity contribution in [3.8, 4) is 0 Å². The van der Waals surface area contributed by atoms with Crippen molar-refractivity contribution in [2.75, 3.05) is 18.1 Å². The second-order valence-corrected chi connectivity index (χ2v) is 6.47. The zero-order valence-electron chi connectivity index (χ0n) is 14.0. The summed E-state index contributed by atoms with van der Waals surface area (Å²) in [7, 11) is 0. The first-order valence-corrected chi connectivity index (χ1v) is 8.17. The molecule has 0 saturated carbocycles. The van der Waals surface area contributed by atoms with E-state index in [0.717, 1.165) is 11.3 Å². The van der Waals surface area contributed by atoms with Gasteiger partial charge in [0.15, 0.2) is 0 Å². The predicted molar refractivity (Wildman–Crippen MR) is 93.3 cm³/mol. The second-order valence-electron chi connectivity index (χ2n) is 6.47. The molecule has 5 nitrogen and oxygen atoms in total. The van der Waals surface area contributed by atoms with Gasteiger partial charge in [-0.25, -0.2) is 0 Å². The zero-order valence-corrected chi connectivity index (χ0v) is 14.0. The topological polar surface area (TPSA) is 62.5 Å².